The summed E-state index contributed by atoms with van der Waals surface area (Å²) in [5, 5.41) is 7.16. The number of aryl methyl sites for hydroxylation is 1. The van der Waals surface area contributed by atoms with Gasteiger partial charge in [0.2, 0.25) is 15.9 Å². The first kappa shape index (κ1) is 18.9. The zero-order valence-corrected chi connectivity index (χ0v) is 16.0. The molecule has 1 fully saturated rings. The summed E-state index contributed by atoms with van der Waals surface area (Å²) >= 11 is 0. The summed E-state index contributed by atoms with van der Waals surface area (Å²) in [6, 6.07) is 0. The zero-order valence-electron chi connectivity index (χ0n) is 15.2. The molecule has 0 spiro atoms. The summed E-state index contributed by atoms with van der Waals surface area (Å²) < 4.78 is 28.9. The number of piperidine rings is 1. The molecule has 7 nitrogen and oxygen atoms in total. The van der Waals surface area contributed by atoms with Crippen molar-refractivity contribution < 1.29 is 13.2 Å². The molecule has 2 rings (SSSR count). The molecule has 0 atom stereocenters. The summed E-state index contributed by atoms with van der Waals surface area (Å²) in [4.78, 5) is 12.4. The normalized spacial score (nSPS) is 17.0. The van der Waals surface area contributed by atoms with Gasteiger partial charge in [0.15, 0.2) is 0 Å². The molecule has 1 aromatic rings. The van der Waals surface area contributed by atoms with Crippen molar-refractivity contribution in [3.63, 3.8) is 0 Å². The van der Waals surface area contributed by atoms with Crippen LogP contribution in [0, 0.1) is 13.8 Å². The van der Waals surface area contributed by atoms with E-state index >= 15 is 0 Å². The zero-order chi connectivity index (χ0) is 18.1. The van der Waals surface area contributed by atoms with Crippen LogP contribution in [0.4, 0.5) is 0 Å². The van der Waals surface area contributed by atoms with E-state index in [0.717, 1.165) is 19.3 Å². The van der Waals surface area contributed by atoms with E-state index in [2.05, 4.69) is 10.4 Å². The number of hydrogen-bond acceptors (Lipinski definition) is 4. The van der Waals surface area contributed by atoms with Gasteiger partial charge in [0.1, 0.15) is 11.4 Å². The van der Waals surface area contributed by atoms with E-state index < -0.39 is 10.0 Å². The lowest BCUT2D eigenvalue weighted by Gasteiger charge is -2.26. The second kappa shape index (κ2) is 6.84. The van der Waals surface area contributed by atoms with Gasteiger partial charge in [-0.1, -0.05) is 6.42 Å². The van der Waals surface area contributed by atoms with Gasteiger partial charge in [0.25, 0.3) is 0 Å². The summed E-state index contributed by atoms with van der Waals surface area (Å²) in [5.41, 5.74) is 0.624. The molecule has 1 N–H and O–H groups in total. The van der Waals surface area contributed by atoms with Gasteiger partial charge in [0.05, 0.1) is 11.4 Å². The molecule has 1 aliphatic rings. The fourth-order valence-corrected chi connectivity index (χ4v) is 4.93. The molecule has 0 unspecified atom stereocenters. The van der Waals surface area contributed by atoms with Crippen molar-refractivity contribution >= 4 is 15.9 Å². The van der Waals surface area contributed by atoms with Crippen molar-refractivity contribution in [2.75, 3.05) is 13.1 Å². The van der Waals surface area contributed by atoms with Crippen molar-refractivity contribution in [2.24, 2.45) is 0 Å². The Balaban J connectivity index is 2.27. The first-order valence-electron chi connectivity index (χ1n) is 8.37. The lowest BCUT2D eigenvalue weighted by molar-refractivity contribution is -0.123. The predicted molar refractivity (Wildman–Crippen MR) is 92.2 cm³/mol. The van der Waals surface area contributed by atoms with Crippen LogP contribution >= 0.6 is 0 Å². The molecule has 2 heterocycles. The molecule has 136 valence electrons. The third-order valence-electron chi connectivity index (χ3n) is 4.04. The Hall–Kier alpha value is -1.41. The Kier molecular flexibility index (Phi) is 5.39. The maximum atomic E-state index is 12.9. The summed E-state index contributed by atoms with van der Waals surface area (Å²) in [6.45, 7) is 10.2. The van der Waals surface area contributed by atoms with Gasteiger partial charge in [-0.05, 0) is 47.5 Å². The number of sulfonamides is 1. The van der Waals surface area contributed by atoms with Crippen LogP contribution in [-0.2, 0) is 21.4 Å². The van der Waals surface area contributed by atoms with Crippen LogP contribution < -0.4 is 5.32 Å². The molecule has 1 aliphatic heterocycles. The Morgan fingerprint density at radius 3 is 2.29 bits per heavy atom. The third-order valence-corrected chi connectivity index (χ3v) is 6.19. The van der Waals surface area contributed by atoms with Gasteiger partial charge in [-0.3, -0.25) is 9.48 Å². The van der Waals surface area contributed by atoms with E-state index in [1.54, 1.807) is 13.8 Å². The molecule has 0 bridgehead atoms. The summed E-state index contributed by atoms with van der Waals surface area (Å²) in [7, 11) is -3.56. The highest BCUT2D eigenvalue weighted by atomic mass is 32.2. The van der Waals surface area contributed by atoms with Crippen LogP contribution in [-0.4, -0.2) is 47.0 Å². The number of hydrogen-bond donors (Lipinski definition) is 1. The van der Waals surface area contributed by atoms with Crippen molar-refractivity contribution in [3.05, 3.63) is 11.4 Å². The lowest BCUT2D eigenvalue weighted by Crippen LogP contribution is -2.42. The third kappa shape index (κ3) is 4.16. The molecule has 0 saturated carbocycles. The molecule has 1 saturated heterocycles. The molecule has 1 aromatic heterocycles. The number of carbonyl (C=O) groups is 1. The second-order valence-electron chi connectivity index (χ2n) is 7.42. The number of carbonyl (C=O) groups excluding carboxylic acids is 1. The van der Waals surface area contributed by atoms with Crippen molar-refractivity contribution in [3.8, 4) is 0 Å². The van der Waals surface area contributed by atoms with E-state index in [0.29, 0.717) is 24.5 Å². The SMILES string of the molecule is Cc1nn(CC(=O)NC(C)(C)C)c(C)c1S(=O)(=O)N1CCCCC1. The van der Waals surface area contributed by atoms with Gasteiger partial charge in [-0.15, -0.1) is 0 Å². The average Bonchev–Trinajstić information content (AvgIpc) is 2.72. The standard InChI is InChI=1S/C16H28N4O3S/c1-12-15(24(22,23)19-9-7-6-8-10-19)13(2)20(18-12)11-14(21)17-16(3,4)5/h6-11H2,1-5H3,(H,17,21). The van der Waals surface area contributed by atoms with E-state index in [9.17, 15) is 13.2 Å². The minimum atomic E-state index is -3.56. The van der Waals surface area contributed by atoms with Crippen molar-refractivity contribution in [2.45, 2.75) is 70.9 Å². The molecule has 24 heavy (non-hydrogen) atoms. The van der Waals surface area contributed by atoms with Gasteiger partial charge in [0, 0.05) is 18.6 Å². The van der Waals surface area contributed by atoms with Gasteiger partial charge >= 0.3 is 0 Å². The molecule has 8 heteroatoms. The highest BCUT2D eigenvalue weighted by molar-refractivity contribution is 7.89. The van der Waals surface area contributed by atoms with Crippen LogP contribution in [0.3, 0.4) is 0 Å². The molecule has 0 radical (unpaired) electrons. The number of nitrogens with one attached hydrogen (secondary N) is 1. The fraction of sp³-hybridized carbons (Fsp3) is 0.750. The van der Waals surface area contributed by atoms with E-state index in [4.69, 9.17) is 0 Å². The van der Waals surface area contributed by atoms with Crippen molar-refractivity contribution in [1.29, 1.82) is 0 Å². The lowest BCUT2D eigenvalue weighted by atomic mass is 10.1. The minimum absolute atomic E-state index is 0.0134. The number of nitrogens with zero attached hydrogens (tertiary/aromatic N) is 3. The Morgan fingerprint density at radius 2 is 1.75 bits per heavy atom. The van der Waals surface area contributed by atoms with Crippen LogP contribution in [0.25, 0.3) is 0 Å². The highest BCUT2D eigenvalue weighted by Gasteiger charge is 2.32. The smallest absolute Gasteiger partial charge is 0.246 e. The molecule has 0 aromatic carbocycles. The first-order valence-corrected chi connectivity index (χ1v) is 9.81. The fourth-order valence-electron chi connectivity index (χ4n) is 3.04. The van der Waals surface area contributed by atoms with Crippen LogP contribution in [0.15, 0.2) is 4.90 Å². The monoisotopic (exact) mass is 356 g/mol. The van der Waals surface area contributed by atoms with Gasteiger partial charge in [-0.2, -0.15) is 9.40 Å². The van der Waals surface area contributed by atoms with Gasteiger partial charge in [-0.25, -0.2) is 8.42 Å². The van der Waals surface area contributed by atoms with E-state index in [-0.39, 0.29) is 22.9 Å². The molecule has 1 amide bonds. The Bertz CT molecular complexity index is 710. The summed E-state index contributed by atoms with van der Waals surface area (Å²) in [6.07, 6.45) is 2.84. The minimum Gasteiger partial charge on any atom is -0.350 e. The molecular weight excluding hydrogens is 328 g/mol. The maximum Gasteiger partial charge on any atom is 0.246 e. The van der Waals surface area contributed by atoms with Gasteiger partial charge < -0.3 is 5.32 Å². The highest BCUT2D eigenvalue weighted by Crippen LogP contribution is 2.26. The second-order valence-corrected chi connectivity index (χ2v) is 9.30. The largest absolute Gasteiger partial charge is 0.350 e. The number of amides is 1. The predicted octanol–water partition coefficient (Wildman–Crippen LogP) is 1.59. The quantitative estimate of drug-likeness (QED) is 0.888. The maximum absolute atomic E-state index is 12.9. The number of rotatable bonds is 4. The topological polar surface area (TPSA) is 84.3 Å². The molecular formula is C16H28N4O3S. The van der Waals surface area contributed by atoms with Crippen LogP contribution in [0.2, 0.25) is 0 Å². The van der Waals surface area contributed by atoms with Crippen LogP contribution in [0.1, 0.15) is 51.4 Å². The average molecular weight is 356 g/mol. The van der Waals surface area contributed by atoms with E-state index in [1.165, 1.54) is 8.99 Å². The van der Waals surface area contributed by atoms with Crippen LogP contribution in [0.5, 0.6) is 0 Å². The first-order chi connectivity index (χ1) is 11.0. The Morgan fingerprint density at radius 1 is 1.17 bits per heavy atom. The Labute approximate surface area is 144 Å². The van der Waals surface area contributed by atoms with E-state index in [1.807, 2.05) is 20.8 Å². The summed E-state index contributed by atoms with van der Waals surface area (Å²) in [5.74, 6) is -0.185. The number of aromatic nitrogens is 2. The molecule has 0 aliphatic carbocycles. The van der Waals surface area contributed by atoms with Crippen molar-refractivity contribution in [1.82, 2.24) is 19.4 Å².